The molecule has 1 saturated heterocycles. The van der Waals surface area contributed by atoms with Gasteiger partial charge in [-0.25, -0.2) is 0 Å². The van der Waals surface area contributed by atoms with Gasteiger partial charge in [-0.1, -0.05) is 45.4 Å². The molecule has 0 aromatic heterocycles. The predicted octanol–water partition coefficient (Wildman–Crippen LogP) is 3.82. The highest BCUT2D eigenvalue weighted by Gasteiger charge is 2.16. The first-order valence-electron chi connectivity index (χ1n) is 8.32. The van der Waals surface area contributed by atoms with Gasteiger partial charge in [0.1, 0.15) is 0 Å². The molecule has 0 unspecified atom stereocenters. The van der Waals surface area contributed by atoms with Crippen molar-refractivity contribution in [1.82, 2.24) is 4.90 Å². The second-order valence-corrected chi connectivity index (χ2v) is 4.66. The number of piperazine rings is 1. The Morgan fingerprint density at radius 3 is 1.90 bits per heavy atom. The highest BCUT2D eigenvalue weighted by molar-refractivity contribution is 5.47. The van der Waals surface area contributed by atoms with Crippen LogP contribution in [0.15, 0.2) is 24.3 Å². The molecular formula is C18H34N2O. The van der Waals surface area contributed by atoms with Gasteiger partial charge in [-0.05, 0) is 19.1 Å². The van der Waals surface area contributed by atoms with Crippen LogP contribution in [0.3, 0.4) is 0 Å². The maximum absolute atomic E-state index is 5.11. The molecule has 3 heteroatoms. The van der Waals surface area contributed by atoms with Gasteiger partial charge in [-0.3, -0.25) is 4.90 Å². The van der Waals surface area contributed by atoms with Crippen LogP contribution in [-0.2, 0) is 4.74 Å². The third kappa shape index (κ3) is 7.49. The van der Waals surface area contributed by atoms with Gasteiger partial charge >= 0.3 is 0 Å². The maximum Gasteiger partial charge on any atom is 0.0589 e. The van der Waals surface area contributed by atoms with Crippen molar-refractivity contribution in [3.8, 4) is 0 Å². The maximum atomic E-state index is 5.11. The molecule has 1 aromatic carbocycles. The van der Waals surface area contributed by atoms with Gasteiger partial charge < -0.3 is 9.64 Å². The normalized spacial score (nSPS) is 14.7. The molecule has 122 valence electrons. The minimum atomic E-state index is 0.838. The Morgan fingerprint density at radius 1 is 0.905 bits per heavy atom. The number of methoxy groups -OCH3 is 1. The lowest BCUT2D eigenvalue weighted by molar-refractivity contribution is 0.144. The van der Waals surface area contributed by atoms with Crippen molar-refractivity contribution in [2.24, 2.45) is 0 Å². The molecule has 3 nitrogen and oxygen atoms in total. The summed E-state index contributed by atoms with van der Waals surface area (Å²) in [7, 11) is 1.77. The summed E-state index contributed by atoms with van der Waals surface area (Å²) < 4.78 is 5.11. The molecule has 0 atom stereocenters. The summed E-state index contributed by atoms with van der Waals surface area (Å²) in [4.78, 5) is 4.93. The molecule has 21 heavy (non-hydrogen) atoms. The topological polar surface area (TPSA) is 15.7 Å². The minimum Gasteiger partial charge on any atom is -0.383 e. The van der Waals surface area contributed by atoms with E-state index in [1.807, 2.05) is 27.7 Å². The predicted molar refractivity (Wildman–Crippen MR) is 94.4 cm³/mol. The highest BCUT2D eigenvalue weighted by atomic mass is 16.5. The first-order chi connectivity index (χ1) is 10.3. The van der Waals surface area contributed by atoms with Crippen LogP contribution >= 0.6 is 0 Å². The van der Waals surface area contributed by atoms with Crippen molar-refractivity contribution in [3.05, 3.63) is 29.8 Å². The Hall–Kier alpha value is -1.06. The summed E-state index contributed by atoms with van der Waals surface area (Å²) in [6, 6.07) is 8.82. The van der Waals surface area contributed by atoms with E-state index in [2.05, 4.69) is 41.0 Å². The molecule has 1 aliphatic rings. The lowest BCUT2D eigenvalue weighted by Crippen LogP contribution is -2.47. The minimum absolute atomic E-state index is 0.838. The molecule has 0 N–H and O–H groups in total. The van der Waals surface area contributed by atoms with Gasteiger partial charge in [0.25, 0.3) is 0 Å². The fraction of sp³-hybridized carbons (Fsp3) is 0.667. The molecule has 1 aliphatic heterocycles. The molecular weight excluding hydrogens is 260 g/mol. The van der Waals surface area contributed by atoms with Gasteiger partial charge in [-0.2, -0.15) is 0 Å². The standard InChI is InChI=1S/C14H22N2O.2C2H6/c1-13-3-5-14(6-4-13)16-9-7-15(8-10-16)11-12-17-2;2*1-2/h3-6H,7-12H2,1-2H3;2*1-2H3. The fourth-order valence-corrected chi connectivity index (χ4v) is 2.21. The molecule has 0 radical (unpaired) electrons. The van der Waals surface area contributed by atoms with Crippen LogP contribution in [0.5, 0.6) is 0 Å². The molecule has 1 aromatic rings. The molecule has 1 fully saturated rings. The number of rotatable bonds is 4. The summed E-state index contributed by atoms with van der Waals surface area (Å²) in [6.07, 6.45) is 0. The third-order valence-electron chi connectivity index (χ3n) is 3.38. The molecule has 0 aliphatic carbocycles. The van der Waals surface area contributed by atoms with Crippen molar-refractivity contribution in [2.75, 3.05) is 51.3 Å². The number of hydrogen-bond acceptors (Lipinski definition) is 3. The third-order valence-corrected chi connectivity index (χ3v) is 3.38. The molecule has 0 saturated carbocycles. The monoisotopic (exact) mass is 294 g/mol. The largest absolute Gasteiger partial charge is 0.383 e. The van der Waals surface area contributed by atoms with Crippen molar-refractivity contribution >= 4 is 5.69 Å². The van der Waals surface area contributed by atoms with E-state index in [4.69, 9.17) is 4.74 Å². The van der Waals surface area contributed by atoms with Gasteiger partial charge in [0, 0.05) is 45.5 Å². The van der Waals surface area contributed by atoms with Gasteiger partial charge in [0.05, 0.1) is 6.61 Å². The van der Waals surface area contributed by atoms with Crippen molar-refractivity contribution in [1.29, 1.82) is 0 Å². The van der Waals surface area contributed by atoms with Crippen LogP contribution < -0.4 is 4.90 Å². The van der Waals surface area contributed by atoms with E-state index >= 15 is 0 Å². The van der Waals surface area contributed by atoms with Gasteiger partial charge in [-0.15, -0.1) is 0 Å². The van der Waals surface area contributed by atoms with Crippen LogP contribution in [0.4, 0.5) is 5.69 Å². The Kier molecular flexibility index (Phi) is 12.0. The van der Waals surface area contributed by atoms with E-state index in [1.165, 1.54) is 11.3 Å². The average Bonchev–Trinajstić information content (AvgIpc) is 2.58. The summed E-state index contributed by atoms with van der Waals surface area (Å²) in [5.74, 6) is 0. The molecule has 1 heterocycles. The summed E-state index contributed by atoms with van der Waals surface area (Å²) in [5, 5.41) is 0. The quantitative estimate of drug-likeness (QED) is 0.839. The van der Waals surface area contributed by atoms with Crippen molar-refractivity contribution in [3.63, 3.8) is 0 Å². The van der Waals surface area contributed by atoms with Crippen LogP contribution in [-0.4, -0.2) is 51.3 Å². The Labute approximate surface area is 131 Å². The van der Waals surface area contributed by atoms with E-state index in [9.17, 15) is 0 Å². The van der Waals surface area contributed by atoms with Crippen LogP contribution in [0, 0.1) is 6.92 Å². The molecule has 0 bridgehead atoms. The number of aryl methyl sites for hydroxylation is 1. The Morgan fingerprint density at radius 2 is 1.43 bits per heavy atom. The SMILES string of the molecule is CC.CC.COCCN1CCN(c2ccc(C)cc2)CC1. The molecule has 0 spiro atoms. The zero-order valence-electron chi connectivity index (χ0n) is 14.9. The number of hydrogen-bond donors (Lipinski definition) is 0. The van der Waals surface area contributed by atoms with E-state index in [0.717, 1.165) is 39.3 Å². The van der Waals surface area contributed by atoms with E-state index in [-0.39, 0.29) is 0 Å². The Bertz CT molecular complexity index is 330. The number of nitrogens with zero attached hydrogens (tertiary/aromatic N) is 2. The van der Waals surface area contributed by atoms with Gasteiger partial charge in [0.15, 0.2) is 0 Å². The fourth-order valence-electron chi connectivity index (χ4n) is 2.21. The summed E-state index contributed by atoms with van der Waals surface area (Å²) >= 11 is 0. The van der Waals surface area contributed by atoms with Crippen LogP contribution in [0.25, 0.3) is 0 Å². The van der Waals surface area contributed by atoms with E-state index in [0.29, 0.717) is 0 Å². The van der Waals surface area contributed by atoms with Crippen molar-refractivity contribution < 1.29 is 4.74 Å². The Balaban J connectivity index is 0.000000921. The second kappa shape index (κ2) is 12.7. The number of anilines is 1. The zero-order valence-corrected chi connectivity index (χ0v) is 14.9. The summed E-state index contributed by atoms with van der Waals surface area (Å²) in [5.41, 5.74) is 2.68. The summed E-state index contributed by atoms with van der Waals surface area (Å²) in [6.45, 7) is 16.5. The lowest BCUT2D eigenvalue weighted by Gasteiger charge is -2.36. The van der Waals surface area contributed by atoms with Crippen molar-refractivity contribution in [2.45, 2.75) is 34.6 Å². The molecule has 0 amide bonds. The smallest absolute Gasteiger partial charge is 0.0589 e. The molecule has 2 rings (SSSR count). The number of benzene rings is 1. The van der Waals surface area contributed by atoms with Gasteiger partial charge in [0.2, 0.25) is 0 Å². The van der Waals surface area contributed by atoms with E-state index < -0.39 is 0 Å². The van der Waals surface area contributed by atoms with E-state index in [1.54, 1.807) is 7.11 Å². The number of ether oxygens (including phenoxy) is 1. The first kappa shape index (κ1) is 19.9. The van der Waals surface area contributed by atoms with Crippen LogP contribution in [0.1, 0.15) is 33.3 Å². The second-order valence-electron chi connectivity index (χ2n) is 4.66. The lowest BCUT2D eigenvalue weighted by atomic mass is 10.2. The average molecular weight is 294 g/mol. The zero-order chi connectivity index (χ0) is 16.1. The first-order valence-corrected chi connectivity index (χ1v) is 8.32. The van der Waals surface area contributed by atoms with Crippen LogP contribution in [0.2, 0.25) is 0 Å². The highest BCUT2D eigenvalue weighted by Crippen LogP contribution is 2.16.